The van der Waals surface area contributed by atoms with E-state index in [2.05, 4.69) is 10.6 Å². The van der Waals surface area contributed by atoms with Gasteiger partial charge in [0, 0.05) is 16.7 Å². The molecule has 0 bridgehead atoms. The normalized spacial score (nSPS) is 23.4. The van der Waals surface area contributed by atoms with Crippen LogP contribution in [0, 0.1) is 0 Å². The van der Waals surface area contributed by atoms with Crippen LogP contribution in [0.5, 0.6) is 0 Å². The minimum absolute atomic E-state index is 0.0412. The van der Waals surface area contributed by atoms with Gasteiger partial charge in [-0.2, -0.15) is 0 Å². The Balaban J connectivity index is 1.74. The quantitative estimate of drug-likeness (QED) is 0.514. The number of nitrogens with zero attached hydrogens (tertiary/aromatic N) is 1. The summed E-state index contributed by atoms with van der Waals surface area (Å²) in [5, 5.41) is 16.7. The van der Waals surface area contributed by atoms with E-state index in [0.29, 0.717) is 16.3 Å². The molecule has 140 valence electrons. The lowest BCUT2D eigenvalue weighted by atomic mass is 10.0. The van der Waals surface area contributed by atoms with Gasteiger partial charge < -0.3 is 21.5 Å². The Hall–Kier alpha value is -2.04. The van der Waals surface area contributed by atoms with Gasteiger partial charge in [0.2, 0.25) is 5.91 Å². The summed E-state index contributed by atoms with van der Waals surface area (Å²) in [5.74, 6) is -1.61. The van der Waals surface area contributed by atoms with E-state index in [1.165, 1.54) is 28.0 Å². The molecule has 3 rings (SSSR count). The maximum atomic E-state index is 12.5. The first-order valence-electron chi connectivity index (χ1n) is 8.08. The summed E-state index contributed by atoms with van der Waals surface area (Å²) in [6.45, 7) is 3.80. The molecular weight excluding hydrogens is 376 g/mol. The number of amides is 2. The zero-order chi connectivity index (χ0) is 19.0. The summed E-state index contributed by atoms with van der Waals surface area (Å²) in [4.78, 5) is 38.5. The standard InChI is InChI=1S/C16H20N4O4S2/c1-7(2)18-8-6-26-15-11(14(22)20(15)12(8)16(23)24)19-13(21)10(17)9-4-3-5-25-9/h3-5,7,10-11,15,18H,6,17H2,1-2H3,(H,19,21)(H,23,24)/t10?,11?,15-/m1/s1. The monoisotopic (exact) mass is 396 g/mol. The van der Waals surface area contributed by atoms with Gasteiger partial charge in [0.25, 0.3) is 5.91 Å². The van der Waals surface area contributed by atoms with Crippen molar-refractivity contribution in [1.29, 1.82) is 0 Å². The molecule has 0 aliphatic carbocycles. The fourth-order valence-electron chi connectivity index (χ4n) is 2.92. The van der Waals surface area contributed by atoms with Crippen LogP contribution in [0.1, 0.15) is 24.8 Å². The van der Waals surface area contributed by atoms with Crippen LogP contribution >= 0.6 is 23.1 Å². The van der Waals surface area contributed by atoms with E-state index in [4.69, 9.17) is 5.73 Å². The minimum Gasteiger partial charge on any atom is -0.477 e. The third-order valence-electron chi connectivity index (χ3n) is 4.06. The van der Waals surface area contributed by atoms with E-state index in [1.54, 1.807) is 12.1 Å². The number of carboxylic acids is 1. The zero-order valence-corrected chi connectivity index (χ0v) is 15.9. The zero-order valence-electron chi connectivity index (χ0n) is 14.3. The van der Waals surface area contributed by atoms with Crippen LogP contribution in [0.4, 0.5) is 0 Å². The van der Waals surface area contributed by atoms with Crippen molar-refractivity contribution in [2.24, 2.45) is 5.73 Å². The highest BCUT2D eigenvalue weighted by atomic mass is 32.2. The van der Waals surface area contributed by atoms with Gasteiger partial charge in [-0.25, -0.2) is 4.79 Å². The van der Waals surface area contributed by atoms with Gasteiger partial charge in [0.05, 0.1) is 5.70 Å². The first-order valence-corrected chi connectivity index (χ1v) is 10.0. The topological polar surface area (TPSA) is 125 Å². The number of nitrogens with one attached hydrogen (secondary N) is 2. The van der Waals surface area contributed by atoms with Crippen LogP contribution < -0.4 is 16.4 Å². The summed E-state index contributed by atoms with van der Waals surface area (Å²) in [7, 11) is 0. The third kappa shape index (κ3) is 3.31. The SMILES string of the molecule is CC(C)NC1=C(C(=O)O)N2C(=O)C(NC(=O)C(N)c3cccs3)[C@H]2SC1. The van der Waals surface area contributed by atoms with E-state index < -0.39 is 35.2 Å². The maximum Gasteiger partial charge on any atom is 0.354 e. The Bertz CT molecular complexity index is 762. The molecule has 10 heteroatoms. The number of carboxylic acid groups (broad SMARTS) is 1. The molecule has 1 aromatic heterocycles. The molecule has 0 saturated carbocycles. The van der Waals surface area contributed by atoms with Gasteiger partial charge >= 0.3 is 5.97 Å². The molecule has 3 atom stereocenters. The number of thiophene rings is 1. The number of aliphatic carboxylic acids is 1. The van der Waals surface area contributed by atoms with Crippen molar-refractivity contribution in [3.63, 3.8) is 0 Å². The van der Waals surface area contributed by atoms with E-state index >= 15 is 0 Å². The third-order valence-corrected chi connectivity index (χ3v) is 6.30. The van der Waals surface area contributed by atoms with Gasteiger partial charge in [-0.15, -0.1) is 23.1 Å². The second kappa shape index (κ2) is 7.29. The van der Waals surface area contributed by atoms with E-state index in [1.807, 2.05) is 19.2 Å². The first kappa shape index (κ1) is 18.7. The van der Waals surface area contributed by atoms with Crippen molar-refractivity contribution < 1.29 is 19.5 Å². The van der Waals surface area contributed by atoms with Crippen molar-refractivity contribution >= 4 is 40.9 Å². The number of fused-ring (bicyclic) bond motifs is 1. The highest BCUT2D eigenvalue weighted by Crippen LogP contribution is 2.40. The average molecular weight is 396 g/mol. The number of hydrogen-bond donors (Lipinski definition) is 4. The summed E-state index contributed by atoms with van der Waals surface area (Å²) in [6, 6.07) is 1.99. The molecule has 1 fully saturated rings. The molecule has 1 saturated heterocycles. The molecule has 26 heavy (non-hydrogen) atoms. The van der Waals surface area contributed by atoms with E-state index in [9.17, 15) is 19.5 Å². The molecule has 3 heterocycles. The maximum absolute atomic E-state index is 12.5. The molecule has 8 nitrogen and oxygen atoms in total. The molecule has 5 N–H and O–H groups in total. The Morgan fingerprint density at radius 2 is 2.15 bits per heavy atom. The van der Waals surface area contributed by atoms with Crippen molar-refractivity contribution in [2.45, 2.75) is 37.3 Å². The number of thioether (sulfide) groups is 1. The number of carbonyl (C=O) groups excluding carboxylic acids is 2. The summed E-state index contributed by atoms with van der Waals surface area (Å²) >= 11 is 2.78. The van der Waals surface area contributed by atoms with E-state index in [-0.39, 0.29) is 11.7 Å². The predicted octanol–water partition coefficient (Wildman–Crippen LogP) is 0.442. The molecular formula is C16H20N4O4S2. The molecule has 2 unspecified atom stereocenters. The van der Waals surface area contributed by atoms with Gasteiger partial charge in [-0.3, -0.25) is 14.5 Å². The van der Waals surface area contributed by atoms with Crippen molar-refractivity contribution in [1.82, 2.24) is 15.5 Å². The van der Waals surface area contributed by atoms with Gasteiger partial charge in [-0.05, 0) is 25.3 Å². The largest absolute Gasteiger partial charge is 0.477 e. The fraction of sp³-hybridized carbons (Fsp3) is 0.438. The Labute approximate surface area is 158 Å². The molecule has 2 aliphatic heterocycles. The van der Waals surface area contributed by atoms with Crippen LogP contribution in [-0.4, -0.2) is 51.0 Å². The highest BCUT2D eigenvalue weighted by molar-refractivity contribution is 8.00. The lowest BCUT2D eigenvalue weighted by molar-refractivity contribution is -0.151. The highest BCUT2D eigenvalue weighted by Gasteiger charge is 2.54. The second-order valence-electron chi connectivity index (χ2n) is 6.32. The number of β-lactam (4-membered cyclic amide) rings is 1. The Morgan fingerprint density at radius 3 is 2.73 bits per heavy atom. The number of rotatable bonds is 6. The van der Waals surface area contributed by atoms with Crippen LogP contribution in [0.25, 0.3) is 0 Å². The first-order chi connectivity index (χ1) is 12.3. The average Bonchev–Trinajstić information content (AvgIpc) is 3.12. The molecule has 0 aromatic carbocycles. The molecule has 1 aromatic rings. The summed E-state index contributed by atoms with van der Waals surface area (Å²) < 4.78 is 0. The second-order valence-corrected chi connectivity index (χ2v) is 8.40. The van der Waals surface area contributed by atoms with Crippen molar-refractivity contribution in [3.05, 3.63) is 33.8 Å². The van der Waals surface area contributed by atoms with Gasteiger partial charge in [0.1, 0.15) is 17.5 Å². The number of carbonyl (C=O) groups is 3. The van der Waals surface area contributed by atoms with Crippen molar-refractivity contribution in [2.75, 3.05) is 5.75 Å². The molecule has 2 aliphatic rings. The summed E-state index contributed by atoms with van der Waals surface area (Å²) in [5.41, 5.74) is 6.40. The molecule has 0 radical (unpaired) electrons. The molecule has 2 amide bonds. The van der Waals surface area contributed by atoms with E-state index in [0.717, 1.165) is 0 Å². The Morgan fingerprint density at radius 1 is 1.42 bits per heavy atom. The summed E-state index contributed by atoms with van der Waals surface area (Å²) in [6.07, 6.45) is 0. The van der Waals surface area contributed by atoms with Crippen molar-refractivity contribution in [3.8, 4) is 0 Å². The molecule has 0 spiro atoms. The van der Waals surface area contributed by atoms with Crippen LogP contribution in [0.3, 0.4) is 0 Å². The number of hydrogen-bond acceptors (Lipinski definition) is 7. The fourth-order valence-corrected chi connectivity index (χ4v) is 4.94. The predicted molar refractivity (Wildman–Crippen MR) is 99.2 cm³/mol. The smallest absolute Gasteiger partial charge is 0.354 e. The van der Waals surface area contributed by atoms with Crippen LogP contribution in [0.15, 0.2) is 28.9 Å². The van der Waals surface area contributed by atoms with Gasteiger partial charge in [-0.1, -0.05) is 6.07 Å². The van der Waals surface area contributed by atoms with Crippen LogP contribution in [0.2, 0.25) is 0 Å². The van der Waals surface area contributed by atoms with Crippen LogP contribution in [-0.2, 0) is 14.4 Å². The lowest BCUT2D eigenvalue weighted by Gasteiger charge is -2.49. The Kier molecular flexibility index (Phi) is 5.26. The lowest BCUT2D eigenvalue weighted by Crippen LogP contribution is -2.71. The minimum atomic E-state index is -1.16. The van der Waals surface area contributed by atoms with Gasteiger partial charge in [0.15, 0.2) is 5.70 Å². The number of nitrogens with two attached hydrogens (primary N) is 1.